The highest BCUT2D eigenvalue weighted by Gasteiger charge is 2.34. The molecule has 2 aliphatic heterocycles. The largest absolute Gasteiger partial charge is 0.383 e. The van der Waals surface area contributed by atoms with E-state index >= 15 is 0 Å². The second kappa shape index (κ2) is 4.14. The quantitative estimate of drug-likeness (QED) is 0.829. The zero-order valence-corrected chi connectivity index (χ0v) is 10.8. The first-order valence-electron chi connectivity index (χ1n) is 6.06. The Balaban J connectivity index is 2.00. The Morgan fingerprint density at radius 1 is 1.29 bits per heavy atom. The normalized spacial score (nSPS) is 28.1. The average Bonchev–Trinajstić information content (AvgIpc) is 2.78. The number of thioether (sulfide) groups is 1. The van der Waals surface area contributed by atoms with Crippen molar-refractivity contribution >= 4 is 17.6 Å². The molecule has 0 aromatic carbocycles. The fraction of sp³-hybridized carbons (Fsp3) is 0.667. The van der Waals surface area contributed by atoms with Crippen molar-refractivity contribution in [2.24, 2.45) is 0 Å². The van der Waals surface area contributed by atoms with Gasteiger partial charge in [-0.3, -0.25) is 0 Å². The van der Waals surface area contributed by atoms with Crippen LogP contribution in [0.5, 0.6) is 0 Å². The van der Waals surface area contributed by atoms with Gasteiger partial charge in [0.15, 0.2) is 5.82 Å². The van der Waals surface area contributed by atoms with Gasteiger partial charge in [-0.1, -0.05) is 0 Å². The Bertz CT molecular complexity index is 444. The van der Waals surface area contributed by atoms with Crippen molar-refractivity contribution in [1.82, 2.24) is 9.97 Å². The maximum Gasteiger partial charge on any atom is 0.162 e. The van der Waals surface area contributed by atoms with E-state index in [9.17, 15) is 0 Å². The predicted molar refractivity (Wildman–Crippen MR) is 68.6 cm³/mol. The molecular formula is C12H17N3OS. The molecule has 5 heteroatoms. The summed E-state index contributed by atoms with van der Waals surface area (Å²) in [6.45, 7) is 2.88. The Morgan fingerprint density at radius 2 is 2.18 bits per heavy atom. The monoisotopic (exact) mass is 251 g/mol. The molecule has 17 heavy (non-hydrogen) atoms. The van der Waals surface area contributed by atoms with E-state index in [1.807, 2.05) is 11.8 Å². The molecule has 3 heterocycles. The summed E-state index contributed by atoms with van der Waals surface area (Å²) in [5.41, 5.74) is 7.91. The molecule has 0 radical (unpaired) electrons. The molecule has 0 bridgehead atoms. The molecule has 1 fully saturated rings. The second-order valence-corrected chi connectivity index (χ2v) is 5.87. The maximum atomic E-state index is 6.02. The van der Waals surface area contributed by atoms with Gasteiger partial charge in [-0.2, -0.15) is 11.8 Å². The van der Waals surface area contributed by atoms with Gasteiger partial charge in [0.25, 0.3) is 0 Å². The number of rotatable bonds is 1. The molecule has 1 aromatic rings. The number of aromatic nitrogens is 2. The van der Waals surface area contributed by atoms with E-state index in [4.69, 9.17) is 10.5 Å². The molecule has 0 amide bonds. The molecule has 4 nitrogen and oxygen atoms in total. The van der Waals surface area contributed by atoms with E-state index in [0.717, 1.165) is 48.0 Å². The molecule has 3 rings (SSSR count). The molecule has 0 saturated carbocycles. The molecule has 1 unspecified atom stereocenters. The van der Waals surface area contributed by atoms with Crippen LogP contribution in [0.15, 0.2) is 0 Å². The van der Waals surface area contributed by atoms with Gasteiger partial charge in [0.2, 0.25) is 0 Å². The average molecular weight is 251 g/mol. The Hall–Kier alpha value is -0.810. The lowest BCUT2D eigenvalue weighted by molar-refractivity contribution is -0.0760. The first-order valence-corrected chi connectivity index (χ1v) is 7.22. The highest BCUT2D eigenvalue weighted by atomic mass is 32.2. The molecule has 2 N–H and O–H groups in total. The lowest BCUT2D eigenvalue weighted by atomic mass is 9.95. The Morgan fingerprint density at radius 3 is 2.94 bits per heavy atom. The molecule has 1 saturated heterocycles. The Kier molecular flexibility index (Phi) is 2.75. The van der Waals surface area contributed by atoms with Crippen molar-refractivity contribution in [3.8, 4) is 0 Å². The van der Waals surface area contributed by atoms with Gasteiger partial charge in [0.1, 0.15) is 11.4 Å². The number of fused-ring (bicyclic) bond motifs is 1. The standard InChI is InChI=1S/C12H17N3OS/c1-12(4-2-3-5-16-12)11-14-9-7-17-6-8(9)10(13)15-11/h2-7H2,1H3,(H2,13,14,15). The number of anilines is 1. The van der Waals surface area contributed by atoms with Gasteiger partial charge in [-0.25, -0.2) is 9.97 Å². The minimum atomic E-state index is -0.339. The van der Waals surface area contributed by atoms with Crippen molar-refractivity contribution in [3.63, 3.8) is 0 Å². The van der Waals surface area contributed by atoms with E-state index in [1.165, 1.54) is 6.42 Å². The van der Waals surface area contributed by atoms with Crippen molar-refractivity contribution in [3.05, 3.63) is 17.1 Å². The summed E-state index contributed by atoms with van der Waals surface area (Å²) in [7, 11) is 0. The van der Waals surface area contributed by atoms with Crippen LogP contribution in [0.1, 0.15) is 43.3 Å². The summed E-state index contributed by atoms with van der Waals surface area (Å²) in [4.78, 5) is 9.14. The van der Waals surface area contributed by atoms with Crippen LogP contribution < -0.4 is 5.73 Å². The minimum Gasteiger partial charge on any atom is -0.383 e. The number of nitrogens with zero attached hydrogens (tertiary/aromatic N) is 2. The van der Waals surface area contributed by atoms with Gasteiger partial charge in [0, 0.05) is 23.7 Å². The topological polar surface area (TPSA) is 61.0 Å². The van der Waals surface area contributed by atoms with E-state index in [0.29, 0.717) is 5.82 Å². The zero-order chi connectivity index (χ0) is 11.9. The maximum absolute atomic E-state index is 6.02. The smallest absolute Gasteiger partial charge is 0.162 e. The molecule has 0 aliphatic carbocycles. The van der Waals surface area contributed by atoms with Crippen molar-refractivity contribution in [2.45, 2.75) is 43.3 Å². The fourth-order valence-corrected chi connectivity index (χ4v) is 3.48. The molecule has 92 valence electrons. The summed E-state index contributed by atoms with van der Waals surface area (Å²) >= 11 is 1.85. The van der Waals surface area contributed by atoms with Gasteiger partial charge in [-0.15, -0.1) is 0 Å². The molecular weight excluding hydrogens is 234 g/mol. The van der Waals surface area contributed by atoms with Crippen LogP contribution in [0.25, 0.3) is 0 Å². The third-order valence-corrected chi connectivity index (χ3v) is 4.52. The first kappa shape index (κ1) is 11.3. The predicted octanol–water partition coefficient (Wildman–Crippen LogP) is 2.22. The number of hydrogen-bond donors (Lipinski definition) is 1. The molecule has 0 spiro atoms. The van der Waals surface area contributed by atoms with E-state index in [2.05, 4.69) is 16.9 Å². The third-order valence-electron chi connectivity index (χ3n) is 3.55. The SMILES string of the molecule is CC1(c2nc(N)c3c(n2)CSC3)CCCCO1. The van der Waals surface area contributed by atoms with Crippen LogP contribution in [-0.2, 0) is 21.8 Å². The highest BCUT2D eigenvalue weighted by Crippen LogP contribution is 2.37. The van der Waals surface area contributed by atoms with Crippen LogP contribution >= 0.6 is 11.8 Å². The number of nitrogens with two attached hydrogens (primary N) is 1. The van der Waals surface area contributed by atoms with Crippen LogP contribution in [-0.4, -0.2) is 16.6 Å². The third kappa shape index (κ3) is 1.91. The van der Waals surface area contributed by atoms with Crippen LogP contribution in [0.4, 0.5) is 5.82 Å². The minimum absolute atomic E-state index is 0.339. The summed E-state index contributed by atoms with van der Waals surface area (Å²) in [6, 6.07) is 0. The molecule has 2 aliphatic rings. The molecule has 1 aromatic heterocycles. The highest BCUT2D eigenvalue weighted by molar-refractivity contribution is 7.98. The summed E-state index contributed by atoms with van der Waals surface area (Å²) in [6.07, 6.45) is 3.29. The zero-order valence-electron chi connectivity index (χ0n) is 10.0. The van der Waals surface area contributed by atoms with Gasteiger partial charge < -0.3 is 10.5 Å². The summed E-state index contributed by atoms with van der Waals surface area (Å²) in [5.74, 6) is 3.31. The summed E-state index contributed by atoms with van der Waals surface area (Å²) in [5, 5.41) is 0. The van der Waals surface area contributed by atoms with Crippen molar-refractivity contribution in [1.29, 1.82) is 0 Å². The van der Waals surface area contributed by atoms with Crippen LogP contribution in [0.2, 0.25) is 0 Å². The van der Waals surface area contributed by atoms with Crippen molar-refractivity contribution in [2.75, 3.05) is 12.3 Å². The lowest BCUT2D eigenvalue weighted by Crippen LogP contribution is -2.33. The molecule has 1 atom stereocenters. The number of ether oxygens (including phenoxy) is 1. The lowest BCUT2D eigenvalue weighted by Gasteiger charge is -2.32. The van der Waals surface area contributed by atoms with Gasteiger partial charge >= 0.3 is 0 Å². The fourth-order valence-electron chi connectivity index (χ4n) is 2.42. The first-order chi connectivity index (χ1) is 8.19. The van der Waals surface area contributed by atoms with Crippen LogP contribution in [0.3, 0.4) is 0 Å². The van der Waals surface area contributed by atoms with E-state index in [1.54, 1.807) is 0 Å². The number of hydrogen-bond acceptors (Lipinski definition) is 5. The van der Waals surface area contributed by atoms with Gasteiger partial charge in [-0.05, 0) is 26.2 Å². The van der Waals surface area contributed by atoms with E-state index < -0.39 is 0 Å². The summed E-state index contributed by atoms with van der Waals surface area (Å²) < 4.78 is 5.88. The Labute approximate surface area is 105 Å². The van der Waals surface area contributed by atoms with Crippen molar-refractivity contribution < 1.29 is 4.74 Å². The number of nitrogen functional groups attached to an aromatic ring is 1. The second-order valence-electron chi connectivity index (χ2n) is 4.89. The van der Waals surface area contributed by atoms with Gasteiger partial charge in [0.05, 0.1) is 5.69 Å². The van der Waals surface area contributed by atoms with Crippen LogP contribution in [0, 0.1) is 0 Å². The van der Waals surface area contributed by atoms with E-state index in [-0.39, 0.29) is 5.60 Å².